The number of fused-ring (bicyclic) bond motifs is 1. The van der Waals surface area contributed by atoms with Crippen LogP contribution in [-0.2, 0) is 4.79 Å². The minimum absolute atomic E-state index is 0.225. The Bertz CT molecular complexity index is 1000. The van der Waals surface area contributed by atoms with E-state index in [4.69, 9.17) is 4.74 Å². The van der Waals surface area contributed by atoms with Gasteiger partial charge >= 0.3 is 0 Å². The lowest BCUT2D eigenvalue weighted by molar-refractivity contribution is -0.111. The molecule has 5 heteroatoms. The topological polar surface area (TPSA) is 67.0 Å². The molecule has 0 saturated heterocycles. The Balaban J connectivity index is 2.06. The van der Waals surface area contributed by atoms with E-state index in [9.17, 15) is 4.79 Å². The average Bonchev–Trinajstić information content (AvgIpc) is 2.96. The molecule has 1 amide bonds. The van der Waals surface area contributed by atoms with Crippen LogP contribution in [0.1, 0.15) is 25.1 Å². The van der Waals surface area contributed by atoms with Crippen molar-refractivity contribution in [2.24, 2.45) is 5.92 Å². The monoisotopic (exact) mass is 363 g/mol. The lowest BCUT2D eigenvalue weighted by atomic mass is 10.0. The number of amides is 1. The van der Waals surface area contributed by atoms with Crippen molar-refractivity contribution in [2.75, 3.05) is 11.9 Å². The van der Waals surface area contributed by atoms with Crippen molar-refractivity contribution in [1.29, 1.82) is 0 Å². The number of pyridine rings is 1. The molecule has 27 heavy (non-hydrogen) atoms. The number of H-pyrrole nitrogens is 1. The zero-order valence-electron chi connectivity index (χ0n) is 16.2. The SMILES string of the molecule is C=CC(=O)Nc1cc(-c2c(C)[nH]c3ncc(OCC(C)C)cc23)ccc1C. The lowest BCUT2D eigenvalue weighted by Gasteiger charge is -2.11. The number of rotatable bonds is 6. The summed E-state index contributed by atoms with van der Waals surface area (Å²) in [4.78, 5) is 19.6. The molecule has 2 N–H and O–H groups in total. The second kappa shape index (κ2) is 7.66. The summed E-state index contributed by atoms with van der Waals surface area (Å²) in [5.41, 5.74) is 5.66. The number of anilines is 1. The van der Waals surface area contributed by atoms with Gasteiger partial charge in [-0.25, -0.2) is 4.98 Å². The van der Waals surface area contributed by atoms with Crippen LogP contribution in [0.2, 0.25) is 0 Å². The Morgan fingerprint density at radius 1 is 1.33 bits per heavy atom. The summed E-state index contributed by atoms with van der Waals surface area (Å²) in [6.07, 6.45) is 3.01. The number of hydrogen-bond donors (Lipinski definition) is 2. The zero-order chi connectivity index (χ0) is 19.6. The van der Waals surface area contributed by atoms with Crippen molar-refractivity contribution in [3.05, 3.63) is 54.4 Å². The normalized spacial score (nSPS) is 11.0. The van der Waals surface area contributed by atoms with Crippen molar-refractivity contribution in [3.63, 3.8) is 0 Å². The van der Waals surface area contributed by atoms with Crippen LogP contribution in [-0.4, -0.2) is 22.5 Å². The molecule has 0 aliphatic carbocycles. The van der Waals surface area contributed by atoms with Gasteiger partial charge in [0, 0.05) is 22.3 Å². The van der Waals surface area contributed by atoms with E-state index in [2.05, 4.69) is 41.8 Å². The molecule has 0 radical (unpaired) electrons. The minimum atomic E-state index is -0.225. The van der Waals surface area contributed by atoms with Crippen LogP contribution in [0.25, 0.3) is 22.2 Å². The summed E-state index contributed by atoms with van der Waals surface area (Å²) in [6, 6.07) is 8.05. The van der Waals surface area contributed by atoms with Crippen LogP contribution in [0, 0.1) is 19.8 Å². The Morgan fingerprint density at radius 3 is 2.81 bits per heavy atom. The molecule has 1 aromatic carbocycles. The van der Waals surface area contributed by atoms with Crippen LogP contribution in [0.15, 0.2) is 43.1 Å². The molecule has 3 aromatic rings. The van der Waals surface area contributed by atoms with Crippen molar-refractivity contribution in [1.82, 2.24) is 9.97 Å². The number of ether oxygens (including phenoxy) is 1. The molecule has 0 spiro atoms. The van der Waals surface area contributed by atoms with Gasteiger partial charge in [0.25, 0.3) is 0 Å². The van der Waals surface area contributed by atoms with E-state index in [0.717, 1.165) is 44.9 Å². The highest BCUT2D eigenvalue weighted by Gasteiger charge is 2.14. The molecule has 2 heterocycles. The molecule has 3 rings (SSSR count). The number of nitrogens with one attached hydrogen (secondary N) is 2. The second-order valence-electron chi connectivity index (χ2n) is 7.12. The highest BCUT2D eigenvalue weighted by atomic mass is 16.5. The predicted molar refractivity (Wildman–Crippen MR) is 110 cm³/mol. The van der Waals surface area contributed by atoms with Gasteiger partial charge in [-0.05, 0) is 49.1 Å². The first kappa shape index (κ1) is 18.7. The molecule has 0 atom stereocenters. The zero-order valence-corrected chi connectivity index (χ0v) is 16.2. The Hall–Kier alpha value is -3.08. The van der Waals surface area contributed by atoms with Gasteiger partial charge < -0.3 is 15.0 Å². The maximum atomic E-state index is 11.7. The highest BCUT2D eigenvalue weighted by molar-refractivity contribution is 6.01. The quantitative estimate of drug-likeness (QED) is 0.605. The number of nitrogens with zero attached hydrogens (tertiary/aromatic N) is 1. The van der Waals surface area contributed by atoms with E-state index >= 15 is 0 Å². The van der Waals surface area contributed by atoms with E-state index in [0.29, 0.717) is 12.5 Å². The van der Waals surface area contributed by atoms with E-state index in [1.807, 2.05) is 32.0 Å². The van der Waals surface area contributed by atoms with Crippen molar-refractivity contribution >= 4 is 22.6 Å². The van der Waals surface area contributed by atoms with Gasteiger partial charge in [-0.2, -0.15) is 0 Å². The number of carbonyl (C=O) groups is 1. The maximum absolute atomic E-state index is 11.7. The van der Waals surface area contributed by atoms with Gasteiger partial charge in [-0.15, -0.1) is 0 Å². The third kappa shape index (κ3) is 4.03. The van der Waals surface area contributed by atoms with Crippen molar-refractivity contribution in [2.45, 2.75) is 27.7 Å². The molecule has 0 unspecified atom stereocenters. The van der Waals surface area contributed by atoms with Gasteiger partial charge in [0.05, 0.1) is 12.8 Å². The largest absolute Gasteiger partial charge is 0.492 e. The summed E-state index contributed by atoms with van der Waals surface area (Å²) < 4.78 is 5.84. The summed E-state index contributed by atoms with van der Waals surface area (Å²) in [5, 5.41) is 3.87. The molecule has 5 nitrogen and oxygen atoms in total. The van der Waals surface area contributed by atoms with Crippen molar-refractivity contribution in [3.8, 4) is 16.9 Å². The summed E-state index contributed by atoms with van der Waals surface area (Å²) in [7, 11) is 0. The molecule has 0 aliphatic rings. The first-order chi connectivity index (χ1) is 12.9. The van der Waals surface area contributed by atoms with Crippen LogP contribution in [0.4, 0.5) is 5.69 Å². The van der Waals surface area contributed by atoms with E-state index < -0.39 is 0 Å². The van der Waals surface area contributed by atoms with Gasteiger partial charge in [-0.3, -0.25) is 4.79 Å². The van der Waals surface area contributed by atoms with Crippen LogP contribution in [0.3, 0.4) is 0 Å². The number of aromatic nitrogens is 2. The van der Waals surface area contributed by atoms with E-state index in [-0.39, 0.29) is 5.91 Å². The molecule has 0 saturated carbocycles. The van der Waals surface area contributed by atoms with Gasteiger partial charge in [0.15, 0.2) is 0 Å². The van der Waals surface area contributed by atoms with Gasteiger partial charge in [0.1, 0.15) is 11.4 Å². The fourth-order valence-corrected chi connectivity index (χ4v) is 2.99. The average molecular weight is 363 g/mol. The van der Waals surface area contributed by atoms with Gasteiger partial charge in [-0.1, -0.05) is 32.6 Å². The van der Waals surface area contributed by atoms with Crippen LogP contribution >= 0.6 is 0 Å². The Labute approximate surface area is 159 Å². The number of aromatic amines is 1. The fraction of sp³-hybridized carbons (Fsp3) is 0.273. The first-order valence-electron chi connectivity index (χ1n) is 9.04. The van der Waals surface area contributed by atoms with Gasteiger partial charge in [0.2, 0.25) is 5.91 Å². The van der Waals surface area contributed by atoms with Crippen LogP contribution in [0.5, 0.6) is 5.75 Å². The minimum Gasteiger partial charge on any atom is -0.492 e. The Kier molecular flexibility index (Phi) is 5.31. The first-order valence-corrected chi connectivity index (χ1v) is 9.04. The molecule has 0 fully saturated rings. The fourth-order valence-electron chi connectivity index (χ4n) is 2.99. The lowest BCUT2D eigenvalue weighted by Crippen LogP contribution is -2.08. The molecular formula is C22H25N3O2. The Morgan fingerprint density at radius 2 is 2.11 bits per heavy atom. The molecule has 2 aromatic heterocycles. The number of carbonyl (C=O) groups excluding carboxylic acids is 1. The smallest absolute Gasteiger partial charge is 0.247 e. The number of hydrogen-bond acceptors (Lipinski definition) is 3. The molecule has 140 valence electrons. The summed E-state index contributed by atoms with van der Waals surface area (Å²) in [5.74, 6) is 0.974. The molecule has 0 bridgehead atoms. The summed E-state index contributed by atoms with van der Waals surface area (Å²) in [6.45, 7) is 12.4. The number of benzene rings is 1. The second-order valence-corrected chi connectivity index (χ2v) is 7.12. The summed E-state index contributed by atoms with van der Waals surface area (Å²) >= 11 is 0. The maximum Gasteiger partial charge on any atom is 0.247 e. The van der Waals surface area contributed by atoms with E-state index in [1.54, 1.807) is 6.20 Å². The highest BCUT2D eigenvalue weighted by Crippen LogP contribution is 2.35. The van der Waals surface area contributed by atoms with E-state index in [1.165, 1.54) is 6.08 Å². The third-order valence-corrected chi connectivity index (χ3v) is 4.37. The third-order valence-electron chi connectivity index (χ3n) is 4.37. The van der Waals surface area contributed by atoms with Crippen molar-refractivity contribution < 1.29 is 9.53 Å². The molecule has 0 aliphatic heterocycles. The molecular weight excluding hydrogens is 338 g/mol. The van der Waals surface area contributed by atoms with Crippen LogP contribution < -0.4 is 10.1 Å². The predicted octanol–water partition coefficient (Wildman–Crippen LogP) is 5.01. The standard InChI is InChI=1S/C22H25N3O2/c1-6-20(26)25-19-9-16(8-7-14(19)4)21-15(5)24-22-18(21)10-17(11-23-22)27-12-13(2)3/h6-11,13H,1,12H2,2-5H3,(H,23,24)(H,25,26). The number of aryl methyl sites for hydroxylation is 2.